The fourth-order valence-electron chi connectivity index (χ4n) is 3.63. The normalized spacial score (nSPS) is 18.9. The second kappa shape index (κ2) is 17.7. The Morgan fingerprint density at radius 1 is 1.07 bits per heavy atom. The number of carbonyl (C=O) groups excluding carboxylic acids is 3. The Morgan fingerprint density at radius 3 is 2.10 bits per heavy atom. The standard InChI is InChI=1S/C11H18N2O3.C11H22O2.Na/c1-4-6-7(3)11(5-2)8(14)12-10(16)13-9(11)15;1-3-4-5-6-7-8-9-10-11(12)13-2;/h7H,4-6H2,1-3H3,(H2,12,13,14,15,16);3-10H2,1-2H3;/q;;+1/p-1. The van der Waals surface area contributed by atoms with Gasteiger partial charge in [-0.1, -0.05) is 72.6 Å². The molecular weight excluding hydrogens is 395 g/mol. The van der Waals surface area contributed by atoms with E-state index in [1.807, 2.05) is 13.8 Å². The SMILES string of the molecule is CCCC(C)C1(CC)C(=O)N=C([O-])NC1=O.CCCCCCCCCC(=O)OC.[Na+]. The Bertz CT molecular complexity index is 554. The maximum Gasteiger partial charge on any atom is 1.00 e. The molecule has 2 unspecified atom stereocenters. The van der Waals surface area contributed by atoms with E-state index in [1.54, 1.807) is 6.92 Å². The van der Waals surface area contributed by atoms with Crippen LogP contribution in [0.5, 0.6) is 0 Å². The van der Waals surface area contributed by atoms with Crippen molar-refractivity contribution >= 4 is 23.8 Å². The van der Waals surface area contributed by atoms with Gasteiger partial charge in [-0.15, -0.1) is 0 Å². The van der Waals surface area contributed by atoms with Gasteiger partial charge in [-0.25, -0.2) is 4.99 Å². The van der Waals surface area contributed by atoms with Crippen LogP contribution in [0.3, 0.4) is 0 Å². The number of nitrogens with zero attached hydrogens (tertiary/aromatic N) is 1. The molecule has 2 amide bonds. The smallest absolute Gasteiger partial charge is 0.846 e. The van der Waals surface area contributed by atoms with Gasteiger partial charge in [0.25, 0.3) is 5.91 Å². The molecule has 1 rings (SSSR count). The number of hydrogen-bond donors (Lipinski definition) is 1. The molecular formula is C22H39N2NaO5. The molecule has 0 fully saturated rings. The molecule has 8 heteroatoms. The quantitative estimate of drug-likeness (QED) is 0.208. The fourth-order valence-corrected chi connectivity index (χ4v) is 3.63. The summed E-state index contributed by atoms with van der Waals surface area (Å²) in [5, 5.41) is 13.1. The molecule has 168 valence electrons. The van der Waals surface area contributed by atoms with Crippen LogP contribution in [0.25, 0.3) is 0 Å². The molecule has 1 aliphatic rings. The molecule has 1 aliphatic heterocycles. The van der Waals surface area contributed by atoms with E-state index >= 15 is 0 Å². The van der Waals surface area contributed by atoms with E-state index in [9.17, 15) is 19.5 Å². The van der Waals surface area contributed by atoms with E-state index in [2.05, 4.69) is 22.0 Å². The number of rotatable bonds is 12. The van der Waals surface area contributed by atoms with Crippen LogP contribution in [-0.2, 0) is 19.1 Å². The molecule has 0 radical (unpaired) electrons. The van der Waals surface area contributed by atoms with Crippen molar-refractivity contribution in [2.45, 2.75) is 98.3 Å². The maximum atomic E-state index is 11.9. The van der Waals surface area contributed by atoms with Crippen LogP contribution in [-0.4, -0.2) is 30.9 Å². The van der Waals surface area contributed by atoms with E-state index < -0.39 is 23.3 Å². The first kappa shape index (κ1) is 31.3. The Kier molecular flexibility index (Phi) is 18.5. The van der Waals surface area contributed by atoms with Crippen molar-refractivity contribution in [2.75, 3.05) is 7.11 Å². The van der Waals surface area contributed by atoms with Gasteiger partial charge >= 0.3 is 35.5 Å². The van der Waals surface area contributed by atoms with E-state index in [1.165, 1.54) is 45.6 Å². The first-order valence-corrected chi connectivity index (χ1v) is 11.0. The summed E-state index contributed by atoms with van der Waals surface area (Å²) in [6, 6.07) is -0.845. The topological polar surface area (TPSA) is 108 Å². The Labute approximate surface area is 204 Å². The van der Waals surface area contributed by atoms with Gasteiger partial charge in [0.1, 0.15) is 5.41 Å². The number of unbranched alkanes of at least 4 members (excludes halogenated alkanes) is 6. The molecule has 0 aromatic rings. The largest absolute Gasteiger partial charge is 1.00 e. The van der Waals surface area contributed by atoms with Gasteiger partial charge in [-0.3, -0.25) is 14.4 Å². The fraction of sp³-hybridized carbons (Fsp3) is 0.818. The molecule has 0 saturated heterocycles. The summed E-state index contributed by atoms with van der Waals surface area (Å²) in [7, 11) is 1.45. The third-order valence-corrected chi connectivity index (χ3v) is 5.54. The molecule has 0 saturated carbocycles. The van der Waals surface area contributed by atoms with Crippen LogP contribution >= 0.6 is 0 Å². The molecule has 1 heterocycles. The van der Waals surface area contributed by atoms with Crippen molar-refractivity contribution in [1.82, 2.24) is 5.32 Å². The molecule has 2 atom stereocenters. The average Bonchev–Trinajstić information content (AvgIpc) is 2.68. The predicted octanol–water partition coefficient (Wildman–Crippen LogP) is 0.496. The molecule has 1 N–H and O–H groups in total. The van der Waals surface area contributed by atoms with Crippen molar-refractivity contribution in [3.8, 4) is 0 Å². The van der Waals surface area contributed by atoms with Crippen LogP contribution in [0.1, 0.15) is 98.3 Å². The van der Waals surface area contributed by atoms with Crippen LogP contribution in [0.4, 0.5) is 0 Å². The summed E-state index contributed by atoms with van der Waals surface area (Å²) >= 11 is 0. The van der Waals surface area contributed by atoms with Crippen LogP contribution < -0.4 is 40.0 Å². The van der Waals surface area contributed by atoms with Crippen molar-refractivity contribution in [3.05, 3.63) is 0 Å². The monoisotopic (exact) mass is 434 g/mol. The number of ether oxygens (including phenoxy) is 1. The first-order chi connectivity index (χ1) is 13.8. The van der Waals surface area contributed by atoms with E-state index in [0.717, 1.165) is 19.3 Å². The Morgan fingerprint density at radius 2 is 1.63 bits per heavy atom. The zero-order valence-electron chi connectivity index (χ0n) is 19.8. The number of esters is 1. The second-order valence-electron chi connectivity index (χ2n) is 7.64. The molecule has 0 aromatic heterocycles. The minimum atomic E-state index is -1.15. The van der Waals surface area contributed by atoms with E-state index in [4.69, 9.17) is 0 Å². The Balaban J connectivity index is 0. The molecule has 30 heavy (non-hydrogen) atoms. The van der Waals surface area contributed by atoms with Crippen LogP contribution in [0.15, 0.2) is 4.99 Å². The van der Waals surface area contributed by atoms with Crippen LogP contribution in [0, 0.1) is 11.3 Å². The van der Waals surface area contributed by atoms with Gasteiger partial charge in [0.15, 0.2) is 0 Å². The van der Waals surface area contributed by atoms with E-state index in [0.29, 0.717) is 12.8 Å². The summed E-state index contributed by atoms with van der Waals surface area (Å²) in [5.74, 6) is -1.27. The first-order valence-electron chi connectivity index (χ1n) is 11.0. The number of amidine groups is 1. The number of hydrogen-bond acceptors (Lipinski definition) is 5. The maximum absolute atomic E-state index is 11.9. The number of nitrogens with one attached hydrogen (secondary N) is 1. The van der Waals surface area contributed by atoms with Gasteiger partial charge in [-0.2, -0.15) is 0 Å². The molecule has 0 bridgehead atoms. The molecule has 0 spiro atoms. The van der Waals surface area contributed by atoms with Gasteiger partial charge in [-0.05, 0) is 25.2 Å². The Hall–Kier alpha value is -0.920. The van der Waals surface area contributed by atoms with Crippen LogP contribution in [0.2, 0.25) is 0 Å². The van der Waals surface area contributed by atoms with Crippen molar-refractivity contribution in [3.63, 3.8) is 0 Å². The minimum Gasteiger partial charge on any atom is -0.846 e. The number of amides is 2. The summed E-state index contributed by atoms with van der Waals surface area (Å²) < 4.78 is 4.56. The van der Waals surface area contributed by atoms with Crippen molar-refractivity contribution < 1.29 is 53.8 Å². The number of methoxy groups -OCH3 is 1. The summed E-state index contributed by atoms with van der Waals surface area (Å²) in [5.41, 5.74) is -1.15. The van der Waals surface area contributed by atoms with Crippen molar-refractivity contribution in [1.29, 1.82) is 0 Å². The summed E-state index contributed by atoms with van der Waals surface area (Å²) in [6.45, 7) is 7.84. The minimum absolute atomic E-state index is 0. The van der Waals surface area contributed by atoms with Crippen molar-refractivity contribution in [2.24, 2.45) is 16.3 Å². The second-order valence-corrected chi connectivity index (χ2v) is 7.64. The number of aliphatic imine (C=N–C) groups is 1. The number of carbonyl (C=O) groups is 3. The van der Waals surface area contributed by atoms with Gasteiger partial charge in [0.05, 0.1) is 13.1 Å². The molecule has 0 aromatic carbocycles. The zero-order valence-corrected chi connectivity index (χ0v) is 21.8. The predicted molar refractivity (Wildman–Crippen MR) is 112 cm³/mol. The molecule has 7 nitrogen and oxygen atoms in total. The molecule has 0 aliphatic carbocycles. The van der Waals surface area contributed by atoms with E-state index in [-0.39, 0.29) is 41.4 Å². The zero-order chi connectivity index (χ0) is 22.3. The third kappa shape index (κ3) is 10.4. The third-order valence-electron chi connectivity index (χ3n) is 5.54. The van der Waals surface area contributed by atoms with Gasteiger partial charge < -0.3 is 15.2 Å². The van der Waals surface area contributed by atoms with Gasteiger partial charge in [0.2, 0.25) is 5.91 Å². The summed E-state index contributed by atoms with van der Waals surface area (Å²) in [4.78, 5) is 37.8. The summed E-state index contributed by atoms with van der Waals surface area (Å²) in [6.07, 6.45) is 11.3. The average molecular weight is 435 g/mol. The van der Waals surface area contributed by atoms with Gasteiger partial charge in [0, 0.05) is 6.42 Å².